The van der Waals surface area contributed by atoms with E-state index >= 15 is 0 Å². The molecule has 7 nitrogen and oxygen atoms in total. The third-order valence-corrected chi connectivity index (χ3v) is 6.13. The van der Waals surface area contributed by atoms with E-state index in [0.29, 0.717) is 16.4 Å². The zero-order valence-electron chi connectivity index (χ0n) is 16.6. The molecule has 31 heavy (non-hydrogen) atoms. The first-order chi connectivity index (χ1) is 14.8. The zero-order chi connectivity index (χ0) is 22.0. The maximum absolute atomic E-state index is 13.2. The molecule has 0 unspecified atom stereocenters. The molecule has 0 N–H and O–H groups in total. The quantitative estimate of drug-likeness (QED) is 0.414. The normalized spacial score (nSPS) is 11.5. The number of sulfone groups is 1. The maximum Gasteiger partial charge on any atom is 0.249 e. The Hall–Kier alpha value is -3.23. The van der Waals surface area contributed by atoms with Gasteiger partial charge in [0.25, 0.3) is 0 Å². The van der Waals surface area contributed by atoms with Crippen LogP contribution in [0.1, 0.15) is 5.56 Å². The van der Waals surface area contributed by atoms with Crippen LogP contribution in [-0.2, 0) is 27.7 Å². The van der Waals surface area contributed by atoms with Gasteiger partial charge in [-0.2, -0.15) is 5.10 Å². The number of anilines is 1. The second-order valence-corrected chi connectivity index (χ2v) is 9.46. The third-order valence-electron chi connectivity index (χ3n) is 4.78. The van der Waals surface area contributed by atoms with Gasteiger partial charge in [-0.05, 0) is 42.0 Å². The van der Waals surface area contributed by atoms with Gasteiger partial charge in [-0.15, -0.1) is 0 Å². The van der Waals surface area contributed by atoms with Gasteiger partial charge < -0.3 is 4.90 Å². The molecule has 2 heterocycles. The fraction of sp³-hybridized carbons (Fsp3) is 0.136. The van der Waals surface area contributed by atoms with Crippen LogP contribution in [0.5, 0.6) is 0 Å². The molecule has 4 aromatic rings. The number of pyridine rings is 1. The molecule has 1 amide bonds. The lowest BCUT2D eigenvalue weighted by Gasteiger charge is -2.25. The van der Waals surface area contributed by atoms with Crippen LogP contribution in [0.25, 0.3) is 10.9 Å². The molecule has 2 aromatic heterocycles. The Balaban J connectivity index is 1.77. The second kappa shape index (κ2) is 8.49. The zero-order valence-corrected chi connectivity index (χ0v) is 18.2. The lowest BCUT2D eigenvalue weighted by atomic mass is 10.1. The summed E-state index contributed by atoms with van der Waals surface area (Å²) in [4.78, 5) is 19.1. The molecule has 0 aliphatic rings. The topological polar surface area (TPSA) is 85.2 Å². The molecule has 0 saturated carbocycles. The van der Waals surface area contributed by atoms with Gasteiger partial charge >= 0.3 is 0 Å². The molecule has 158 valence electrons. The van der Waals surface area contributed by atoms with Crippen molar-refractivity contribution in [1.82, 2.24) is 14.8 Å². The summed E-state index contributed by atoms with van der Waals surface area (Å²) in [6, 6.07) is 17.4. The van der Waals surface area contributed by atoms with Crippen molar-refractivity contribution in [3.63, 3.8) is 0 Å². The van der Waals surface area contributed by atoms with Crippen LogP contribution in [0.3, 0.4) is 0 Å². The Kier molecular flexibility index (Phi) is 5.75. The number of nitrogens with zero attached hydrogens (tertiary/aromatic N) is 4. The van der Waals surface area contributed by atoms with Gasteiger partial charge in [-0.3, -0.25) is 9.48 Å². The maximum atomic E-state index is 13.2. The summed E-state index contributed by atoms with van der Waals surface area (Å²) in [5.74, 6) is -0.293. The van der Waals surface area contributed by atoms with Crippen molar-refractivity contribution in [2.24, 2.45) is 0 Å². The van der Waals surface area contributed by atoms with Gasteiger partial charge in [-0.1, -0.05) is 35.9 Å². The molecule has 2 aromatic carbocycles. The summed E-state index contributed by atoms with van der Waals surface area (Å²) in [7, 11) is -3.55. The van der Waals surface area contributed by atoms with E-state index in [1.807, 2.05) is 24.3 Å². The molecule has 0 fully saturated rings. The van der Waals surface area contributed by atoms with Gasteiger partial charge in [-0.25, -0.2) is 13.4 Å². The fourth-order valence-corrected chi connectivity index (χ4v) is 4.38. The number of carbonyl (C=O) groups is 1. The van der Waals surface area contributed by atoms with E-state index in [1.165, 1.54) is 15.6 Å². The number of halogens is 1. The number of para-hydroxylation sites is 1. The average molecular weight is 455 g/mol. The Morgan fingerprint density at radius 2 is 1.87 bits per heavy atom. The van der Waals surface area contributed by atoms with Crippen LogP contribution in [-0.4, -0.2) is 35.3 Å². The van der Waals surface area contributed by atoms with Crippen molar-refractivity contribution in [2.45, 2.75) is 18.0 Å². The van der Waals surface area contributed by atoms with Crippen molar-refractivity contribution in [2.75, 3.05) is 11.2 Å². The van der Waals surface area contributed by atoms with E-state index in [-0.39, 0.29) is 23.9 Å². The second-order valence-electron chi connectivity index (χ2n) is 7.08. The summed E-state index contributed by atoms with van der Waals surface area (Å²) < 4.78 is 26.3. The van der Waals surface area contributed by atoms with Crippen LogP contribution >= 0.6 is 11.6 Å². The van der Waals surface area contributed by atoms with Crippen molar-refractivity contribution >= 4 is 43.9 Å². The molecule has 0 atom stereocenters. The van der Waals surface area contributed by atoms with Crippen LogP contribution in [0.15, 0.2) is 78.0 Å². The van der Waals surface area contributed by atoms with Crippen LogP contribution in [0.2, 0.25) is 5.15 Å². The molecule has 0 saturated heterocycles. The van der Waals surface area contributed by atoms with E-state index in [0.717, 1.165) is 17.2 Å². The average Bonchev–Trinajstić information content (AvgIpc) is 3.24. The SMILES string of the molecule is CS(=O)(=O)c1ccccc1N(Cc1ccc2ccc(Cl)nc2c1)C(=O)Cn1cccn1. The predicted molar refractivity (Wildman–Crippen MR) is 120 cm³/mol. The Morgan fingerprint density at radius 3 is 2.61 bits per heavy atom. The summed E-state index contributed by atoms with van der Waals surface area (Å²) in [5.41, 5.74) is 1.81. The molecule has 0 bridgehead atoms. The molecule has 9 heteroatoms. The number of hydrogen-bond donors (Lipinski definition) is 0. The van der Waals surface area contributed by atoms with Gasteiger partial charge in [0.2, 0.25) is 5.91 Å². The summed E-state index contributed by atoms with van der Waals surface area (Å²) >= 11 is 6.02. The first kappa shape index (κ1) is 21.0. The highest BCUT2D eigenvalue weighted by Gasteiger charge is 2.23. The monoisotopic (exact) mass is 454 g/mol. The number of aromatic nitrogens is 3. The number of benzene rings is 2. The predicted octanol–water partition coefficient (Wildman–Crippen LogP) is 3.72. The largest absolute Gasteiger partial charge is 0.305 e. The van der Waals surface area contributed by atoms with Crippen LogP contribution in [0.4, 0.5) is 5.69 Å². The number of fused-ring (bicyclic) bond motifs is 1. The minimum Gasteiger partial charge on any atom is -0.305 e. The summed E-state index contributed by atoms with van der Waals surface area (Å²) in [6.45, 7) is 0.138. The minimum absolute atomic E-state index is 0.0250. The highest BCUT2D eigenvalue weighted by molar-refractivity contribution is 7.90. The van der Waals surface area contributed by atoms with E-state index in [9.17, 15) is 13.2 Å². The molecule has 4 rings (SSSR count). The first-order valence-corrected chi connectivity index (χ1v) is 11.7. The van der Waals surface area contributed by atoms with Crippen LogP contribution in [0, 0.1) is 0 Å². The van der Waals surface area contributed by atoms with Crippen molar-refractivity contribution in [3.8, 4) is 0 Å². The number of hydrogen-bond acceptors (Lipinski definition) is 5. The lowest BCUT2D eigenvalue weighted by molar-refractivity contribution is -0.119. The van der Waals surface area contributed by atoms with Crippen molar-refractivity contribution in [3.05, 3.63) is 83.8 Å². The van der Waals surface area contributed by atoms with Gasteiger partial charge in [0.05, 0.1) is 22.6 Å². The van der Waals surface area contributed by atoms with E-state index in [4.69, 9.17) is 11.6 Å². The van der Waals surface area contributed by atoms with E-state index in [1.54, 1.807) is 42.7 Å². The van der Waals surface area contributed by atoms with Crippen LogP contribution < -0.4 is 4.90 Å². The molecule has 0 radical (unpaired) electrons. The smallest absolute Gasteiger partial charge is 0.249 e. The van der Waals surface area contributed by atoms with Gasteiger partial charge in [0, 0.05) is 24.0 Å². The van der Waals surface area contributed by atoms with Crippen molar-refractivity contribution < 1.29 is 13.2 Å². The molecular weight excluding hydrogens is 436 g/mol. The Morgan fingerprint density at radius 1 is 1.10 bits per heavy atom. The summed E-state index contributed by atoms with van der Waals surface area (Å²) in [5, 5.41) is 5.38. The Bertz CT molecular complexity index is 1350. The number of rotatable bonds is 6. The molecule has 0 aliphatic carbocycles. The minimum atomic E-state index is -3.55. The van der Waals surface area contributed by atoms with E-state index in [2.05, 4.69) is 10.1 Å². The Labute approximate surface area is 184 Å². The highest BCUT2D eigenvalue weighted by Crippen LogP contribution is 2.28. The molecule has 0 aliphatic heterocycles. The van der Waals surface area contributed by atoms with Gasteiger partial charge in [0.15, 0.2) is 9.84 Å². The van der Waals surface area contributed by atoms with Gasteiger partial charge in [0.1, 0.15) is 11.7 Å². The standard InChI is InChI=1S/C22H19ClN4O3S/c1-31(29,30)20-6-3-2-5-19(20)27(22(28)15-26-12-4-11-24-26)14-16-7-8-17-9-10-21(23)25-18(17)13-16/h2-13H,14-15H2,1H3. The highest BCUT2D eigenvalue weighted by atomic mass is 35.5. The molecular formula is C22H19ClN4O3S. The molecule has 0 spiro atoms. The van der Waals surface area contributed by atoms with E-state index < -0.39 is 9.84 Å². The lowest BCUT2D eigenvalue weighted by Crippen LogP contribution is -2.34. The fourth-order valence-electron chi connectivity index (χ4n) is 3.34. The van der Waals surface area contributed by atoms with Crippen molar-refractivity contribution in [1.29, 1.82) is 0 Å². The third kappa shape index (κ3) is 4.76. The summed E-state index contributed by atoms with van der Waals surface area (Å²) in [6.07, 6.45) is 4.39. The number of amides is 1. The first-order valence-electron chi connectivity index (χ1n) is 9.43. The number of carbonyl (C=O) groups excluding carboxylic acids is 1.